The third kappa shape index (κ3) is 2.84. The molecule has 1 aromatic rings. The molecule has 2 saturated carbocycles. The first-order chi connectivity index (χ1) is 14.8. The van der Waals surface area contributed by atoms with E-state index in [0.29, 0.717) is 42.6 Å². The Hall–Kier alpha value is -1.62. The van der Waals surface area contributed by atoms with E-state index in [9.17, 15) is 10.2 Å². The van der Waals surface area contributed by atoms with Crippen LogP contribution in [-0.2, 0) is 9.47 Å². The van der Waals surface area contributed by atoms with E-state index < -0.39 is 5.60 Å². The van der Waals surface area contributed by atoms with Gasteiger partial charge in [-0.05, 0) is 74.0 Å². The average molecular weight is 423 g/mol. The molecule has 6 rings (SSSR count). The topological polar surface area (TPSA) is 58.9 Å². The van der Waals surface area contributed by atoms with Crippen molar-refractivity contribution in [3.05, 3.63) is 53.1 Å². The Kier molecular flexibility index (Phi) is 4.32. The highest BCUT2D eigenvalue weighted by molar-refractivity contribution is 5.40. The first-order valence-electron chi connectivity index (χ1n) is 12.0. The standard InChI is InChI=1S/C27H34O4/c1-25-16-22(17-3-6-19(28)7-4-17)24-20-9-12-27(30-13-14-31-27)15-18(20)5-8-21(24)23(25)10-11-26(25,2)29/h3-7,10,20-22,24,28-29H,8-9,11-16H2,1-2H3/t20-,21-,22+,24+,25-,26-/m0/s1. The first kappa shape index (κ1) is 20.0. The van der Waals surface area contributed by atoms with Crippen LogP contribution in [0.5, 0.6) is 5.75 Å². The van der Waals surface area contributed by atoms with E-state index >= 15 is 0 Å². The highest BCUT2D eigenvalue weighted by Gasteiger charge is 2.60. The molecule has 1 saturated heterocycles. The minimum Gasteiger partial charge on any atom is -0.508 e. The highest BCUT2D eigenvalue weighted by Crippen LogP contribution is 2.66. The molecule has 31 heavy (non-hydrogen) atoms. The molecule has 4 aliphatic carbocycles. The molecule has 1 spiro atoms. The van der Waals surface area contributed by atoms with Gasteiger partial charge in [0.05, 0.1) is 18.8 Å². The van der Waals surface area contributed by atoms with Gasteiger partial charge >= 0.3 is 0 Å². The molecule has 0 bridgehead atoms. The summed E-state index contributed by atoms with van der Waals surface area (Å²) in [7, 11) is 0. The summed E-state index contributed by atoms with van der Waals surface area (Å²) in [5.41, 5.74) is 3.41. The fourth-order valence-electron chi connectivity index (χ4n) is 7.71. The van der Waals surface area contributed by atoms with Gasteiger partial charge < -0.3 is 19.7 Å². The van der Waals surface area contributed by atoms with Crippen molar-refractivity contribution >= 4 is 0 Å². The van der Waals surface area contributed by atoms with Gasteiger partial charge in [-0.2, -0.15) is 0 Å². The molecule has 0 radical (unpaired) electrons. The number of phenols is 1. The number of hydrogen-bond donors (Lipinski definition) is 2. The Morgan fingerprint density at radius 3 is 2.45 bits per heavy atom. The molecule has 0 unspecified atom stereocenters. The second-order valence-electron chi connectivity index (χ2n) is 11.0. The molecule has 1 aliphatic heterocycles. The first-order valence-corrected chi connectivity index (χ1v) is 12.0. The summed E-state index contributed by atoms with van der Waals surface area (Å²) in [6.07, 6.45) is 10.5. The number of aliphatic hydroxyl groups is 1. The Balaban J connectivity index is 1.42. The maximum atomic E-state index is 11.4. The third-order valence-corrected chi connectivity index (χ3v) is 9.52. The maximum Gasteiger partial charge on any atom is 0.172 e. The van der Waals surface area contributed by atoms with E-state index in [0.717, 1.165) is 38.5 Å². The Bertz CT molecular complexity index is 936. The summed E-state index contributed by atoms with van der Waals surface area (Å²) in [6, 6.07) is 7.84. The SMILES string of the molecule is C[C@]1(O)CC=C2[C@@H]3CC=C4CC5(CC[C@@H]4[C@H]3[C@@H](c3ccc(O)cc3)C[C@@]21C)OCCO5. The fourth-order valence-corrected chi connectivity index (χ4v) is 7.71. The minimum atomic E-state index is -0.700. The van der Waals surface area contributed by atoms with Crippen LogP contribution in [0.15, 0.2) is 47.6 Å². The summed E-state index contributed by atoms with van der Waals surface area (Å²) in [5, 5.41) is 21.3. The lowest BCUT2D eigenvalue weighted by molar-refractivity contribution is -0.175. The van der Waals surface area contributed by atoms with Crippen molar-refractivity contribution in [3.63, 3.8) is 0 Å². The van der Waals surface area contributed by atoms with Gasteiger partial charge in [-0.1, -0.05) is 42.4 Å². The van der Waals surface area contributed by atoms with E-state index in [1.54, 1.807) is 0 Å². The van der Waals surface area contributed by atoms with Crippen LogP contribution in [0, 0.1) is 23.2 Å². The Labute approximate surface area is 185 Å². The number of aromatic hydroxyl groups is 1. The van der Waals surface area contributed by atoms with Crippen LogP contribution in [0.4, 0.5) is 0 Å². The van der Waals surface area contributed by atoms with E-state index in [1.165, 1.54) is 16.7 Å². The lowest BCUT2D eigenvalue weighted by Gasteiger charge is -2.57. The van der Waals surface area contributed by atoms with Crippen molar-refractivity contribution in [2.45, 2.75) is 69.7 Å². The zero-order valence-electron chi connectivity index (χ0n) is 18.6. The lowest BCUT2D eigenvalue weighted by atomic mass is 9.48. The van der Waals surface area contributed by atoms with E-state index in [-0.39, 0.29) is 11.2 Å². The number of hydrogen-bond acceptors (Lipinski definition) is 4. The van der Waals surface area contributed by atoms with Crippen LogP contribution in [0.3, 0.4) is 0 Å². The zero-order chi connectivity index (χ0) is 21.4. The zero-order valence-corrected chi connectivity index (χ0v) is 18.6. The Morgan fingerprint density at radius 1 is 0.968 bits per heavy atom. The molecule has 2 N–H and O–H groups in total. The average Bonchev–Trinajstić information content (AvgIpc) is 3.29. The molecule has 0 aromatic heterocycles. The minimum absolute atomic E-state index is 0.199. The summed E-state index contributed by atoms with van der Waals surface area (Å²) in [5.74, 6) is 1.83. The van der Waals surface area contributed by atoms with Gasteiger partial charge in [-0.3, -0.25) is 0 Å². The molecular weight excluding hydrogens is 388 g/mol. The van der Waals surface area contributed by atoms with Gasteiger partial charge in [0, 0.05) is 18.3 Å². The summed E-state index contributed by atoms with van der Waals surface area (Å²) in [6.45, 7) is 5.72. The smallest absolute Gasteiger partial charge is 0.172 e. The largest absolute Gasteiger partial charge is 0.508 e. The lowest BCUT2D eigenvalue weighted by Crippen LogP contribution is -2.52. The number of benzene rings is 1. The number of rotatable bonds is 1. The molecular formula is C27H34O4. The molecule has 0 amide bonds. The van der Waals surface area contributed by atoms with Crippen molar-refractivity contribution in [1.82, 2.24) is 0 Å². The number of allylic oxidation sites excluding steroid dienone is 1. The van der Waals surface area contributed by atoms with Crippen LogP contribution in [0.2, 0.25) is 0 Å². The maximum absolute atomic E-state index is 11.4. The van der Waals surface area contributed by atoms with Gasteiger partial charge in [0.15, 0.2) is 5.79 Å². The third-order valence-electron chi connectivity index (χ3n) is 9.52. The monoisotopic (exact) mass is 422 g/mol. The molecule has 6 atom stereocenters. The molecule has 1 aromatic carbocycles. The van der Waals surface area contributed by atoms with Gasteiger partial charge in [0.1, 0.15) is 5.75 Å². The molecule has 4 heteroatoms. The molecule has 5 aliphatic rings. The number of fused-ring (bicyclic) bond motifs is 5. The van der Waals surface area contributed by atoms with E-state index in [2.05, 4.69) is 31.2 Å². The number of ether oxygens (including phenoxy) is 2. The molecule has 3 fully saturated rings. The van der Waals surface area contributed by atoms with Crippen molar-refractivity contribution in [2.75, 3.05) is 13.2 Å². The molecule has 4 nitrogen and oxygen atoms in total. The second-order valence-corrected chi connectivity index (χ2v) is 11.0. The van der Waals surface area contributed by atoms with Crippen LogP contribution >= 0.6 is 0 Å². The molecule has 1 heterocycles. The fraction of sp³-hybridized carbons (Fsp3) is 0.630. The highest BCUT2D eigenvalue weighted by atomic mass is 16.7. The quantitative estimate of drug-likeness (QED) is 0.620. The van der Waals surface area contributed by atoms with Crippen molar-refractivity contribution in [3.8, 4) is 5.75 Å². The van der Waals surface area contributed by atoms with Crippen LogP contribution in [-0.4, -0.2) is 34.8 Å². The van der Waals surface area contributed by atoms with Crippen LogP contribution in [0.1, 0.15) is 63.9 Å². The molecule has 166 valence electrons. The number of phenolic OH excluding ortho intramolecular Hbond substituents is 1. The van der Waals surface area contributed by atoms with Gasteiger partial charge in [-0.25, -0.2) is 0 Å². The van der Waals surface area contributed by atoms with Gasteiger partial charge in [-0.15, -0.1) is 0 Å². The van der Waals surface area contributed by atoms with Crippen molar-refractivity contribution in [1.29, 1.82) is 0 Å². The van der Waals surface area contributed by atoms with E-state index in [1.807, 2.05) is 19.1 Å². The van der Waals surface area contributed by atoms with Crippen molar-refractivity contribution in [2.24, 2.45) is 23.2 Å². The van der Waals surface area contributed by atoms with Crippen molar-refractivity contribution < 1.29 is 19.7 Å². The van der Waals surface area contributed by atoms with Gasteiger partial charge in [0.25, 0.3) is 0 Å². The predicted octanol–water partition coefficient (Wildman–Crippen LogP) is 5.07. The predicted molar refractivity (Wildman–Crippen MR) is 119 cm³/mol. The summed E-state index contributed by atoms with van der Waals surface area (Å²) >= 11 is 0. The Morgan fingerprint density at radius 2 is 1.71 bits per heavy atom. The van der Waals surface area contributed by atoms with Gasteiger partial charge in [0.2, 0.25) is 0 Å². The summed E-state index contributed by atoms with van der Waals surface area (Å²) in [4.78, 5) is 0. The van der Waals surface area contributed by atoms with E-state index in [4.69, 9.17) is 9.47 Å². The van der Waals surface area contributed by atoms with Crippen LogP contribution in [0.25, 0.3) is 0 Å². The summed E-state index contributed by atoms with van der Waals surface area (Å²) < 4.78 is 12.1. The second kappa shape index (κ2) is 6.69. The normalized spacial score (nSPS) is 43.1. The van der Waals surface area contributed by atoms with Crippen LogP contribution < -0.4 is 0 Å².